The van der Waals surface area contributed by atoms with E-state index in [1.165, 1.54) is 57.6 Å². The van der Waals surface area contributed by atoms with E-state index in [1.807, 2.05) is 0 Å². The molecule has 108 valence electrons. The minimum Gasteiger partial charge on any atom is -0.315 e. The van der Waals surface area contributed by atoms with Gasteiger partial charge in [0, 0.05) is 23.1 Å². The fourth-order valence-corrected chi connectivity index (χ4v) is 3.45. The summed E-state index contributed by atoms with van der Waals surface area (Å²) in [6, 6.07) is 0.634. The zero-order chi connectivity index (χ0) is 13.4. The lowest BCUT2D eigenvalue weighted by atomic mass is 10.1. The average Bonchev–Trinajstić information content (AvgIpc) is 2.45. The molecule has 0 spiro atoms. The maximum Gasteiger partial charge on any atom is 0.0116 e. The number of nitrogens with zero attached hydrogens (tertiary/aromatic N) is 1. The molecule has 3 heteroatoms. The van der Waals surface area contributed by atoms with Crippen molar-refractivity contribution in [3.8, 4) is 0 Å². The van der Waals surface area contributed by atoms with Gasteiger partial charge in [-0.1, -0.05) is 34.1 Å². The maximum atomic E-state index is 3.49. The Kier molecular flexibility index (Phi) is 7.66. The monoisotopic (exact) mass is 272 g/mol. The minimum atomic E-state index is 0.496. The lowest BCUT2D eigenvalue weighted by Crippen LogP contribution is -2.28. The first-order valence-corrected chi connectivity index (χ1v) is 8.58. The molecule has 0 bridgehead atoms. The highest BCUT2D eigenvalue weighted by molar-refractivity contribution is 8.00. The Balaban J connectivity index is 2.02. The van der Waals surface area contributed by atoms with Gasteiger partial charge < -0.3 is 10.2 Å². The number of rotatable bonds is 7. The molecule has 2 nitrogen and oxygen atoms in total. The highest BCUT2D eigenvalue weighted by atomic mass is 32.2. The van der Waals surface area contributed by atoms with Gasteiger partial charge in [-0.05, 0) is 38.9 Å². The number of nitrogens with one attached hydrogen (secondary N) is 1. The molecule has 1 rings (SSSR count). The SMILES string of the molecule is CC(C)NCCCCCN1CCSC(C)(C)CC1. The fourth-order valence-electron chi connectivity index (χ4n) is 2.31. The van der Waals surface area contributed by atoms with Crippen LogP contribution in [0.2, 0.25) is 0 Å². The smallest absolute Gasteiger partial charge is 0.0116 e. The summed E-state index contributed by atoms with van der Waals surface area (Å²) in [4.78, 5) is 2.66. The van der Waals surface area contributed by atoms with Crippen LogP contribution in [0.5, 0.6) is 0 Å². The molecule has 0 aromatic heterocycles. The molecule has 0 amide bonds. The van der Waals surface area contributed by atoms with Gasteiger partial charge in [0.25, 0.3) is 0 Å². The third-order valence-electron chi connectivity index (χ3n) is 3.63. The van der Waals surface area contributed by atoms with E-state index >= 15 is 0 Å². The van der Waals surface area contributed by atoms with Crippen molar-refractivity contribution in [1.29, 1.82) is 0 Å². The summed E-state index contributed by atoms with van der Waals surface area (Å²) in [5.74, 6) is 1.31. The second-order valence-corrected chi connectivity index (χ2v) is 8.17. The Hall–Kier alpha value is 0.270. The molecule has 1 aliphatic heterocycles. The maximum absolute atomic E-state index is 3.49. The van der Waals surface area contributed by atoms with Gasteiger partial charge in [-0.2, -0.15) is 11.8 Å². The summed E-state index contributed by atoms with van der Waals surface area (Å²) in [5, 5.41) is 3.49. The van der Waals surface area contributed by atoms with E-state index in [-0.39, 0.29) is 0 Å². The van der Waals surface area contributed by atoms with Gasteiger partial charge in [0.05, 0.1) is 0 Å². The number of hydrogen-bond acceptors (Lipinski definition) is 3. The summed E-state index contributed by atoms with van der Waals surface area (Å²) in [6.07, 6.45) is 5.40. The quantitative estimate of drug-likeness (QED) is 0.715. The van der Waals surface area contributed by atoms with Crippen molar-refractivity contribution in [2.45, 2.75) is 64.2 Å². The van der Waals surface area contributed by atoms with E-state index < -0.39 is 0 Å². The Morgan fingerprint density at radius 2 is 1.94 bits per heavy atom. The normalized spacial score (nSPS) is 21.2. The standard InChI is InChI=1S/C15H32N2S/c1-14(2)16-9-6-5-7-10-17-11-8-15(3,4)18-13-12-17/h14,16H,5-13H2,1-4H3. The third kappa shape index (κ3) is 7.65. The van der Waals surface area contributed by atoms with Crippen LogP contribution in [0.1, 0.15) is 53.4 Å². The predicted molar refractivity (Wildman–Crippen MR) is 84.6 cm³/mol. The summed E-state index contributed by atoms with van der Waals surface area (Å²) in [6.45, 7) is 14.3. The van der Waals surface area contributed by atoms with Crippen molar-refractivity contribution in [2.24, 2.45) is 0 Å². The minimum absolute atomic E-state index is 0.496. The predicted octanol–water partition coefficient (Wildman–Crippen LogP) is 3.37. The molecule has 0 aliphatic carbocycles. The molecule has 0 saturated carbocycles. The summed E-state index contributed by atoms with van der Waals surface area (Å²) >= 11 is 2.14. The van der Waals surface area contributed by atoms with Gasteiger partial charge in [0.15, 0.2) is 0 Å². The molecule has 1 fully saturated rings. The van der Waals surface area contributed by atoms with Crippen molar-refractivity contribution in [3.63, 3.8) is 0 Å². The number of hydrogen-bond donors (Lipinski definition) is 1. The molecule has 0 aromatic rings. The molecular weight excluding hydrogens is 240 g/mol. The van der Waals surface area contributed by atoms with E-state index in [0.717, 1.165) is 0 Å². The summed E-state index contributed by atoms with van der Waals surface area (Å²) in [7, 11) is 0. The molecule has 0 aromatic carbocycles. The fraction of sp³-hybridized carbons (Fsp3) is 1.00. The zero-order valence-electron chi connectivity index (χ0n) is 12.8. The van der Waals surface area contributed by atoms with Crippen molar-refractivity contribution >= 4 is 11.8 Å². The van der Waals surface area contributed by atoms with E-state index in [4.69, 9.17) is 0 Å². The van der Waals surface area contributed by atoms with Crippen LogP contribution in [-0.2, 0) is 0 Å². The van der Waals surface area contributed by atoms with Crippen LogP contribution in [0.25, 0.3) is 0 Å². The van der Waals surface area contributed by atoms with E-state index in [9.17, 15) is 0 Å². The van der Waals surface area contributed by atoms with Crippen molar-refractivity contribution < 1.29 is 0 Å². The van der Waals surface area contributed by atoms with E-state index in [2.05, 4.69) is 49.7 Å². The third-order valence-corrected chi connectivity index (χ3v) is 5.01. The van der Waals surface area contributed by atoms with Crippen LogP contribution in [0.15, 0.2) is 0 Å². The van der Waals surface area contributed by atoms with Gasteiger partial charge in [-0.15, -0.1) is 0 Å². The molecular formula is C15H32N2S. The molecule has 1 N–H and O–H groups in total. The van der Waals surface area contributed by atoms with Crippen LogP contribution in [0, 0.1) is 0 Å². The lowest BCUT2D eigenvalue weighted by molar-refractivity contribution is 0.277. The zero-order valence-corrected chi connectivity index (χ0v) is 13.6. The topological polar surface area (TPSA) is 15.3 Å². The van der Waals surface area contributed by atoms with Crippen LogP contribution in [0.4, 0.5) is 0 Å². The second-order valence-electron chi connectivity index (χ2n) is 6.37. The van der Waals surface area contributed by atoms with E-state index in [0.29, 0.717) is 10.8 Å². The lowest BCUT2D eigenvalue weighted by Gasteiger charge is -2.22. The van der Waals surface area contributed by atoms with Gasteiger partial charge in [-0.3, -0.25) is 0 Å². The molecule has 0 atom stereocenters. The Labute approximate surface area is 118 Å². The molecule has 18 heavy (non-hydrogen) atoms. The summed E-state index contributed by atoms with van der Waals surface area (Å²) in [5.41, 5.74) is 0. The number of thioether (sulfide) groups is 1. The van der Waals surface area contributed by atoms with Crippen LogP contribution in [-0.4, -0.2) is 47.6 Å². The number of unbranched alkanes of at least 4 members (excludes halogenated alkanes) is 2. The molecule has 1 heterocycles. The average molecular weight is 273 g/mol. The first kappa shape index (κ1) is 16.3. The second kappa shape index (κ2) is 8.44. The Bertz CT molecular complexity index is 217. The molecule has 1 saturated heterocycles. The molecule has 0 unspecified atom stereocenters. The van der Waals surface area contributed by atoms with Crippen LogP contribution < -0.4 is 5.32 Å². The van der Waals surface area contributed by atoms with Crippen molar-refractivity contribution in [3.05, 3.63) is 0 Å². The molecule has 1 aliphatic rings. The Morgan fingerprint density at radius 1 is 1.17 bits per heavy atom. The van der Waals surface area contributed by atoms with Crippen LogP contribution in [0.3, 0.4) is 0 Å². The van der Waals surface area contributed by atoms with Gasteiger partial charge in [0.2, 0.25) is 0 Å². The van der Waals surface area contributed by atoms with Gasteiger partial charge >= 0.3 is 0 Å². The first-order chi connectivity index (χ1) is 8.49. The van der Waals surface area contributed by atoms with Gasteiger partial charge in [-0.25, -0.2) is 0 Å². The summed E-state index contributed by atoms with van der Waals surface area (Å²) < 4.78 is 0.496. The highest BCUT2D eigenvalue weighted by Crippen LogP contribution is 2.30. The van der Waals surface area contributed by atoms with E-state index in [1.54, 1.807) is 0 Å². The highest BCUT2D eigenvalue weighted by Gasteiger charge is 2.23. The van der Waals surface area contributed by atoms with Gasteiger partial charge in [0.1, 0.15) is 0 Å². The first-order valence-electron chi connectivity index (χ1n) is 7.59. The van der Waals surface area contributed by atoms with Crippen molar-refractivity contribution in [2.75, 3.05) is 31.9 Å². The Morgan fingerprint density at radius 3 is 2.67 bits per heavy atom. The van der Waals surface area contributed by atoms with Crippen LogP contribution >= 0.6 is 11.8 Å². The largest absolute Gasteiger partial charge is 0.315 e. The van der Waals surface area contributed by atoms with Crippen molar-refractivity contribution in [1.82, 2.24) is 10.2 Å². The molecule has 0 radical (unpaired) electrons.